The number of nitrogens with zero attached hydrogens (tertiary/aromatic N) is 1. The van der Waals surface area contributed by atoms with E-state index in [1.807, 2.05) is 0 Å². The summed E-state index contributed by atoms with van der Waals surface area (Å²) in [4.78, 5) is 3.61. The quantitative estimate of drug-likeness (QED) is 0.352. The van der Waals surface area contributed by atoms with Gasteiger partial charge in [-0.3, -0.25) is 0 Å². The zero-order valence-electron chi connectivity index (χ0n) is 3.37. The minimum atomic E-state index is -2.31. The predicted octanol–water partition coefficient (Wildman–Crippen LogP) is -0.211. The second-order valence-corrected chi connectivity index (χ2v) is 3.47. The molecule has 38 valence electrons. The van der Waals surface area contributed by atoms with E-state index in [-0.39, 0.29) is 0 Å². The van der Waals surface area contributed by atoms with Crippen LogP contribution < -0.4 is 0 Å². The monoisotopic (exact) mass is 117 g/mol. The molecule has 0 bridgehead atoms. The molecule has 1 fully saturated rings. The van der Waals surface area contributed by atoms with E-state index in [9.17, 15) is 4.21 Å². The molecule has 3 nitrogen and oxygen atoms in total. The summed E-state index contributed by atoms with van der Waals surface area (Å²) in [6.07, 6.45) is 1.49. The smallest absolute Gasteiger partial charge is 0.260 e. The summed E-state index contributed by atoms with van der Waals surface area (Å²) in [5.41, 5.74) is 1.36. The topological polar surface area (TPSA) is 42.0 Å². The van der Waals surface area contributed by atoms with Crippen LogP contribution in [0.2, 0.25) is 0 Å². The molecule has 0 aliphatic carbocycles. The minimum absolute atomic E-state index is 0.563. The third-order valence-electron chi connectivity index (χ3n) is 0.908. The average molecular weight is 117 g/mol. The van der Waals surface area contributed by atoms with Gasteiger partial charge in [0.25, 0.3) is 5.09 Å². The lowest BCUT2D eigenvalue weighted by molar-refractivity contribution is 0.596. The highest BCUT2D eigenvalue weighted by Crippen LogP contribution is 2.39. The van der Waals surface area contributed by atoms with Gasteiger partial charge in [-0.15, -0.1) is 0 Å². The number of hydrogen-bond donors (Lipinski definition) is 1. The Balaban J connectivity index is 2.71. The maximum absolute atomic E-state index is 10.6. The molecule has 0 aromatic heterocycles. The normalized spacial score (nSPS) is 32.9. The molecule has 0 atom stereocenters. The van der Waals surface area contributed by atoms with Crippen molar-refractivity contribution in [1.29, 1.82) is 0 Å². The van der Waals surface area contributed by atoms with Gasteiger partial charge in [0.15, 0.2) is 0 Å². The van der Waals surface area contributed by atoms with Crippen LogP contribution in [0.3, 0.4) is 0 Å². The summed E-state index contributed by atoms with van der Waals surface area (Å²) in [6, 6.07) is 0. The van der Waals surface area contributed by atoms with E-state index >= 15 is 0 Å². The van der Waals surface area contributed by atoms with Crippen LogP contribution in [0, 0.1) is 0 Å². The molecule has 0 aromatic carbocycles. The first-order valence-electron chi connectivity index (χ1n) is 1.86. The van der Waals surface area contributed by atoms with Gasteiger partial charge >= 0.3 is 0 Å². The Kier molecular flexibility index (Phi) is 0.321. The maximum atomic E-state index is 10.6. The fourth-order valence-electron chi connectivity index (χ4n) is 0.488. The van der Waals surface area contributed by atoms with Gasteiger partial charge in [0, 0.05) is 0 Å². The van der Waals surface area contributed by atoms with Crippen LogP contribution >= 0.6 is 0 Å². The Bertz CT molecular complexity index is 217. The van der Waals surface area contributed by atoms with Crippen LogP contribution in [0.1, 0.15) is 0 Å². The molecule has 0 spiro atoms. The van der Waals surface area contributed by atoms with Crippen LogP contribution in [-0.2, 0) is 14.4 Å². The van der Waals surface area contributed by atoms with Crippen LogP contribution in [0.25, 0.3) is 0 Å². The van der Waals surface area contributed by atoms with E-state index in [1.54, 1.807) is 0 Å². The highest BCUT2D eigenvalue weighted by Gasteiger charge is 2.36. The van der Waals surface area contributed by atoms with Crippen molar-refractivity contribution in [1.82, 2.24) is 0 Å². The molecule has 0 aromatic rings. The molecule has 2 aliphatic heterocycles. The first-order valence-corrected chi connectivity index (χ1v) is 3.55. The summed E-state index contributed by atoms with van der Waals surface area (Å²) in [5.74, 6) is 0. The van der Waals surface area contributed by atoms with Crippen molar-refractivity contribution in [2.75, 3.05) is 0 Å². The highest BCUT2D eigenvalue weighted by molar-refractivity contribution is 8.19. The van der Waals surface area contributed by atoms with E-state index in [0.29, 0.717) is 5.09 Å². The third kappa shape index (κ3) is 0.256. The van der Waals surface area contributed by atoms with Gasteiger partial charge in [-0.2, -0.15) is 4.21 Å². The Morgan fingerprint density at radius 2 is 2.71 bits per heavy atom. The number of thiol groups is 1. The molecule has 2 aliphatic rings. The van der Waals surface area contributed by atoms with E-state index in [1.165, 1.54) is 11.7 Å². The van der Waals surface area contributed by atoms with Crippen LogP contribution in [-0.4, -0.2) is 9.76 Å². The van der Waals surface area contributed by atoms with Crippen molar-refractivity contribution in [3.8, 4) is 0 Å². The van der Waals surface area contributed by atoms with Crippen LogP contribution in [0.15, 0.2) is 16.3 Å². The first-order chi connectivity index (χ1) is 3.31. The molecule has 2 heterocycles. The lowest BCUT2D eigenvalue weighted by Crippen LogP contribution is -1.82. The van der Waals surface area contributed by atoms with Crippen LogP contribution in [0.5, 0.6) is 0 Å². The largest absolute Gasteiger partial charge is 0.367 e. The predicted molar refractivity (Wildman–Crippen MR) is 27.2 cm³/mol. The summed E-state index contributed by atoms with van der Waals surface area (Å²) in [6.45, 7) is 0. The lowest BCUT2D eigenvalue weighted by atomic mass is 11.0. The molecule has 1 saturated heterocycles. The SMILES string of the molecule is O=[SH]12C=NC=C1O2. The van der Waals surface area contributed by atoms with Crippen molar-refractivity contribution in [2.24, 2.45) is 4.99 Å². The van der Waals surface area contributed by atoms with Crippen molar-refractivity contribution < 1.29 is 8.39 Å². The average Bonchev–Trinajstić information content (AvgIpc) is 2.09. The zero-order chi connectivity index (χ0) is 4.91. The van der Waals surface area contributed by atoms with Crippen molar-refractivity contribution in [3.63, 3.8) is 0 Å². The number of fused-ring (bicyclic) bond motifs is 1. The molecular formula is C3H3NO2S. The Hall–Kier alpha value is -0.640. The molecular weight excluding hydrogens is 114 g/mol. The third-order valence-corrected chi connectivity index (χ3v) is 2.47. The van der Waals surface area contributed by atoms with E-state index in [4.69, 9.17) is 0 Å². The second-order valence-electron chi connectivity index (χ2n) is 1.42. The molecule has 0 saturated carbocycles. The van der Waals surface area contributed by atoms with Gasteiger partial charge in [-0.1, -0.05) is 10.2 Å². The van der Waals surface area contributed by atoms with E-state index < -0.39 is 10.2 Å². The molecule has 0 amide bonds. The summed E-state index contributed by atoms with van der Waals surface area (Å²) < 4.78 is 15.3. The zero-order valence-corrected chi connectivity index (χ0v) is 4.26. The Labute approximate surface area is 41.3 Å². The first kappa shape index (κ1) is 3.37. The van der Waals surface area contributed by atoms with Crippen molar-refractivity contribution >= 4 is 15.8 Å². The number of rotatable bonds is 0. The second kappa shape index (κ2) is 0.667. The van der Waals surface area contributed by atoms with Gasteiger partial charge in [-0.25, -0.2) is 4.99 Å². The fourth-order valence-corrected chi connectivity index (χ4v) is 1.64. The Morgan fingerprint density at radius 1 is 1.86 bits per heavy atom. The molecule has 2 rings (SSSR count). The summed E-state index contributed by atoms with van der Waals surface area (Å²) in [7, 11) is -2.31. The summed E-state index contributed by atoms with van der Waals surface area (Å²) in [5, 5.41) is 0.563. The van der Waals surface area contributed by atoms with Crippen molar-refractivity contribution in [3.05, 3.63) is 11.3 Å². The van der Waals surface area contributed by atoms with E-state index in [0.717, 1.165) is 0 Å². The van der Waals surface area contributed by atoms with Gasteiger partial charge in [0.05, 0.1) is 6.20 Å². The molecule has 0 unspecified atom stereocenters. The Morgan fingerprint density at radius 3 is 2.86 bits per heavy atom. The summed E-state index contributed by atoms with van der Waals surface area (Å²) >= 11 is 0. The van der Waals surface area contributed by atoms with Crippen molar-refractivity contribution in [2.45, 2.75) is 0 Å². The highest BCUT2D eigenvalue weighted by atomic mass is 32.3. The molecule has 0 N–H and O–H groups in total. The molecule has 0 radical (unpaired) electrons. The van der Waals surface area contributed by atoms with Gasteiger partial charge < -0.3 is 4.18 Å². The number of aliphatic imine (C=N–C) groups is 1. The lowest BCUT2D eigenvalue weighted by Gasteiger charge is -1.79. The van der Waals surface area contributed by atoms with Gasteiger partial charge in [0.1, 0.15) is 5.55 Å². The molecule has 4 heteroatoms. The standard InChI is InChI=1S/C3H3NO2S/c5-7-2-4-1-3(7)6-7/h1-2,7H. The van der Waals surface area contributed by atoms with Gasteiger partial charge in [-0.05, 0) is 0 Å². The minimum Gasteiger partial charge on any atom is -0.367 e. The molecule has 7 heavy (non-hydrogen) atoms. The maximum Gasteiger partial charge on any atom is 0.260 e. The number of hydrogen-bond acceptors (Lipinski definition) is 3. The van der Waals surface area contributed by atoms with E-state index in [2.05, 4.69) is 9.18 Å². The fraction of sp³-hybridized carbons (Fsp3) is 0. The van der Waals surface area contributed by atoms with Gasteiger partial charge in [0.2, 0.25) is 0 Å². The van der Waals surface area contributed by atoms with Crippen LogP contribution in [0.4, 0.5) is 0 Å².